The largest absolute Gasteiger partial charge is 0.465 e. The first-order valence-electron chi connectivity index (χ1n) is 9.15. The molecule has 1 saturated heterocycles. The molecule has 2 bridgehead atoms. The number of ether oxygens (including phenoxy) is 5. The zero-order chi connectivity index (χ0) is 18.1. The Morgan fingerprint density at radius 3 is 2.28 bits per heavy atom. The van der Waals surface area contributed by atoms with Crippen molar-refractivity contribution >= 4 is 11.9 Å². The normalized spacial score (nSPS) is 36.2. The van der Waals surface area contributed by atoms with Crippen molar-refractivity contribution in [1.29, 1.82) is 0 Å². The van der Waals surface area contributed by atoms with Crippen molar-refractivity contribution in [3.05, 3.63) is 0 Å². The number of fused-ring (bicyclic) bond motifs is 2. The van der Waals surface area contributed by atoms with Gasteiger partial charge in [0.15, 0.2) is 5.79 Å². The van der Waals surface area contributed by atoms with Gasteiger partial charge in [0.05, 0.1) is 37.9 Å². The van der Waals surface area contributed by atoms with Crippen LogP contribution in [0.3, 0.4) is 0 Å². The minimum atomic E-state index is -1.14. The molecule has 0 N–H and O–H groups in total. The summed E-state index contributed by atoms with van der Waals surface area (Å²) in [5.74, 6) is -1.76. The first kappa shape index (κ1) is 18.6. The average molecular weight is 356 g/mol. The Bertz CT molecular complexity index is 528. The van der Waals surface area contributed by atoms with Crippen molar-refractivity contribution in [2.45, 2.75) is 57.8 Å². The molecule has 7 nitrogen and oxygen atoms in total. The van der Waals surface area contributed by atoms with Crippen LogP contribution in [0.15, 0.2) is 0 Å². The van der Waals surface area contributed by atoms with Gasteiger partial charge < -0.3 is 23.7 Å². The van der Waals surface area contributed by atoms with Crippen LogP contribution in [0.5, 0.6) is 0 Å². The van der Waals surface area contributed by atoms with Crippen LogP contribution in [0.2, 0.25) is 0 Å². The van der Waals surface area contributed by atoms with Gasteiger partial charge in [0.25, 0.3) is 0 Å². The Hall–Kier alpha value is -1.18. The van der Waals surface area contributed by atoms with Crippen LogP contribution in [0, 0.1) is 10.8 Å². The van der Waals surface area contributed by atoms with Crippen LogP contribution >= 0.6 is 0 Å². The Kier molecular flexibility index (Phi) is 5.10. The molecule has 1 heterocycles. The molecule has 1 spiro atoms. The van der Waals surface area contributed by atoms with E-state index in [9.17, 15) is 9.59 Å². The lowest BCUT2D eigenvalue weighted by atomic mass is 9.49. The fraction of sp³-hybridized carbons (Fsp3) is 0.889. The molecule has 4 fully saturated rings. The number of methoxy groups -OCH3 is 1. The summed E-state index contributed by atoms with van der Waals surface area (Å²) in [4.78, 5) is 25.8. The quantitative estimate of drug-likeness (QED) is 0.695. The molecule has 142 valence electrons. The lowest BCUT2D eigenvalue weighted by Crippen LogP contribution is -2.72. The fourth-order valence-corrected chi connectivity index (χ4v) is 4.80. The van der Waals surface area contributed by atoms with Crippen molar-refractivity contribution in [3.63, 3.8) is 0 Å². The van der Waals surface area contributed by atoms with E-state index in [1.165, 1.54) is 0 Å². The van der Waals surface area contributed by atoms with Crippen LogP contribution in [0.25, 0.3) is 0 Å². The maximum absolute atomic E-state index is 13.0. The highest BCUT2D eigenvalue weighted by molar-refractivity contribution is 5.84. The van der Waals surface area contributed by atoms with Gasteiger partial charge in [-0.3, -0.25) is 9.59 Å². The Morgan fingerprint density at radius 1 is 1.04 bits per heavy atom. The number of hydrogen-bond donors (Lipinski definition) is 0. The summed E-state index contributed by atoms with van der Waals surface area (Å²) in [6.45, 7) is 5.15. The van der Waals surface area contributed by atoms with E-state index in [1.54, 1.807) is 21.0 Å². The highest BCUT2D eigenvalue weighted by atomic mass is 16.7. The fourth-order valence-electron chi connectivity index (χ4n) is 4.80. The molecule has 0 amide bonds. The van der Waals surface area contributed by atoms with Gasteiger partial charge in [-0.2, -0.15) is 0 Å². The lowest BCUT2D eigenvalue weighted by Gasteiger charge is -2.63. The third-order valence-corrected chi connectivity index (χ3v) is 6.02. The zero-order valence-electron chi connectivity index (χ0n) is 15.3. The summed E-state index contributed by atoms with van der Waals surface area (Å²) in [7, 11) is 1.57. The molecule has 4 rings (SSSR count). The SMILES string of the molecule is CCOC(=O)[C@@]12CC[C@@](C(=O)OCC)(C[C@@H]1OC)C1(C2)OCCCO1. The van der Waals surface area contributed by atoms with E-state index in [0.717, 1.165) is 6.42 Å². The van der Waals surface area contributed by atoms with Crippen LogP contribution in [0.4, 0.5) is 0 Å². The van der Waals surface area contributed by atoms with Gasteiger partial charge in [0, 0.05) is 13.5 Å². The van der Waals surface area contributed by atoms with E-state index in [1.807, 2.05) is 0 Å². The van der Waals surface area contributed by atoms with Crippen LogP contribution < -0.4 is 0 Å². The summed E-state index contributed by atoms with van der Waals surface area (Å²) < 4.78 is 28.6. The van der Waals surface area contributed by atoms with Crippen LogP contribution in [-0.4, -0.2) is 57.4 Å². The first-order chi connectivity index (χ1) is 12.0. The molecule has 0 aromatic carbocycles. The average Bonchev–Trinajstić information content (AvgIpc) is 2.63. The van der Waals surface area contributed by atoms with Gasteiger partial charge in [0.1, 0.15) is 5.41 Å². The maximum atomic E-state index is 13.0. The van der Waals surface area contributed by atoms with Crippen molar-refractivity contribution < 1.29 is 33.3 Å². The Morgan fingerprint density at radius 2 is 1.68 bits per heavy atom. The molecule has 0 unspecified atom stereocenters. The topological polar surface area (TPSA) is 80.3 Å². The lowest BCUT2D eigenvalue weighted by molar-refractivity contribution is -0.372. The monoisotopic (exact) mass is 356 g/mol. The van der Waals surface area contributed by atoms with Crippen molar-refractivity contribution in [2.24, 2.45) is 10.8 Å². The zero-order valence-corrected chi connectivity index (χ0v) is 15.3. The molecular weight excluding hydrogens is 328 g/mol. The van der Waals surface area contributed by atoms with E-state index in [-0.39, 0.29) is 25.0 Å². The van der Waals surface area contributed by atoms with Crippen molar-refractivity contribution in [2.75, 3.05) is 33.5 Å². The van der Waals surface area contributed by atoms with Gasteiger partial charge in [-0.1, -0.05) is 0 Å². The second-order valence-corrected chi connectivity index (χ2v) is 7.09. The molecule has 3 aliphatic carbocycles. The van der Waals surface area contributed by atoms with E-state index in [0.29, 0.717) is 39.1 Å². The van der Waals surface area contributed by atoms with Crippen LogP contribution in [0.1, 0.15) is 46.0 Å². The molecule has 1 aliphatic heterocycles. The van der Waals surface area contributed by atoms with Gasteiger partial charge in [-0.05, 0) is 39.5 Å². The highest BCUT2D eigenvalue weighted by Crippen LogP contribution is 2.65. The minimum absolute atomic E-state index is 0.260. The molecule has 7 heteroatoms. The van der Waals surface area contributed by atoms with E-state index >= 15 is 0 Å². The van der Waals surface area contributed by atoms with Crippen molar-refractivity contribution in [3.8, 4) is 0 Å². The summed E-state index contributed by atoms with van der Waals surface area (Å²) >= 11 is 0. The van der Waals surface area contributed by atoms with Crippen molar-refractivity contribution in [1.82, 2.24) is 0 Å². The minimum Gasteiger partial charge on any atom is -0.465 e. The standard InChI is InChI=1S/C18H28O7/c1-4-22-14(19)16-7-8-17(11-13(16)21-3,15(20)23-5-2)18(12-16)24-9-6-10-25-18/h13H,4-12H2,1-3H3/t13-,16+,17-/m0/s1. The smallest absolute Gasteiger partial charge is 0.317 e. The summed E-state index contributed by atoms with van der Waals surface area (Å²) in [5, 5.41) is 0. The number of esters is 2. The molecule has 4 aliphatic rings. The number of carbonyl (C=O) groups excluding carboxylic acids is 2. The molecule has 3 saturated carbocycles. The van der Waals surface area contributed by atoms with Gasteiger partial charge in [-0.15, -0.1) is 0 Å². The third-order valence-electron chi connectivity index (χ3n) is 6.02. The predicted octanol–water partition coefficient (Wildman–Crippen LogP) is 1.82. The molecule has 0 radical (unpaired) electrons. The molecule has 3 atom stereocenters. The van der Waals surface area contributed by atoms with E-state index < -0.39 is 22.7 Å². The second-order valence-electron chi connectivity index (χ2n) is 7.09. The molecule has 0 aromatic heterocycles. The molecular formula is C18H28O7. The number of hydrogen-bond acceptors (Lipinski definition) is 7. The maximum Gasteiger partial charge on any atom is 0.317 e. The van der Waals surface area contributed by atoms with E-state index in [2.05, 4.69) is 0 Å². The van der Waals surface area contributed by atoms with Gasteiger partial charge in [-0.25, -0.2) is 0 Å². The predicted molar refractivity (Wildman–Crippen MR) is 86.6 cm³/mol. The third kappa shape index (κ3) is 2.59. The van der Waals surface area contributed by atoms with Crippen LogP contribution in [-0.2, 0) is 33.3 Å². The summed E-state index contributed by atoms with van der Waals surface area (Å²) in [6.07, 6.45) is 1.89. The summed E-state index contributed by atoms with van der Waals surface area (Å²) in [5.41, 5.74) is -1.80. The van der Waals surface area contributed by atoms with E-state index in [4.69, 9.17) is 23.7 Å². The number of carbonyl (C=O) groups is 2. The Labute approximate surface area is 148 Å². The Balaban J connectivity index is 2.04. The molecule has 25 heavy (non-hydrogen) atoms. The summed E-state index contributed by atoms with van der Waals surface area (Å²) in [6, 6.07) is 0. The number of rotatable bonds is 5. The highest BCUT2D eigenvalue weighted by Gasteiger charge is 2.75. The van der Waals surface area contributed by atoms with Gasteiger partial charge >= 0.3 is 11.9 Å². The van der Waals surface area contributed by atoms with Gasteiger partial charge in [0.2, 0.25) is 0 Å². The first-order valence-corrected chi connectivity index (χ1v) is 9.15. The second kappa shape index (κ2) is 6.85. The molecule has 0 aromatic rings.